The van der Waals surface area contributed by atoms with E-state index in [1.165, 1.54) is 26.0 Å². The molecule has 1 saturated heterocycles. The number of ether oxygens (including phenoxy) is 5. The van der Waals surface area contributed by atoms with Gasteiger partial charge in [-0.2, -0.15) is 0 Å². The molecule has 0 spiro atoms. The van der Waals surface area contributed by atoms with Gasteiger partial charge in [-0.25, -0.2) is 0 Å². The number of anilines is 1. The van der Waals surface area contributed by atoms with Crippen molar-refractivity contribution in [3.8, 4) is 45.6 Å². The highest BCUT2D eigenvalue weighted by molar-refractivity contribution is 6.17. The van der Waals surface area contributed by atoms with E-state index in [2.05, 4.69) is 84.5 Å². The summed E-state index contributed by atoms with van der Waals surface area (Å²) in [6.45, 7) is 8.15. The van der Waals surface area contributed by atoms with Gasteiger partial charge in [0.05, 0.1) is 44.1 Å². The Morgan fingerprint density at radius 2 is 1.61 bits per heavy atom. The predicted octanol–water partition coefficient (Wildman–Crippen LogP) is 10.9. The second-order valence-corrected chi connectivity index (χ2v) is 28.4. The third-order valence-electron chi connectivity index (χ3n) is 23.3. The van der Waals surface area contributed by atoms with Gasteiger partial charge in [0.2, 0.25) is 5.75 Å². The molecule has 6 aliphatic carbocycles. The van der Waals surface area contributed by atoms with E-state index in [1.54, 1.807) is 24.1 Å². The summed E-state index contributed by atoms with van der Waals surface area (Å²) in [5, 5.41) is 63.6. The van der Waals surface area contributed by atoms with Crippen LogP contribution in [-0.4, -0.2) is 115 Å². The number of phenolic OH excluding ortho intramolecular Hbond substituents is 1. The van der Waals surface area contributed by atoms with Crippen molar-refractivity contribution in [1.29, 1.82) is 0 Å². The Balaban J connectivity index is 0.810. The number of likely N-dealkylation sites (N-methyl/N-ethyl adjacent to an activating group) is 2. The number of aliphatic hydroxyl groups excluding tert-OH is 3. The number of fused-ring (bicyclic) bond motifs is 3. The van der Waals surface area contributed by atoms with Gasteiger partial charge in [0.1, 0.15) is 23.9 Å². The highest BCUT2D eigenvalue weighted by Crippen LogP contribution is 2.65. The van der Waals surface area contributed by atoms with Gasteiger partial charge in [-0.1, -0.05) is 82.0 Å². The van der Waals surface area contributed by atoms with Gasteiger partial charge in [0, 0.05) is 100 Å². The number of phenols is 1. The zero-order chi connectivity index (χ0) is 62.4. The Morgan fingerprint density at radius 1 is 0.833 bits per heavy atom. The minimum atomic E-state index is -1.10. The maximum Gasteiger partial charge on any atom is 0.258 e. The van der Waals surface area contributed by atoms with E-state index >= 15 is 0 Å². The summed E-state index contributed by atoms with van der Waals surface area (Å²) in [5.74, 6) is 1.54. The number of methoxy groups -OCH3 is 1. The van der Waals surface area contributed by atoms with E-state index in [0.29, 0.717) is 96.9 Å². The molecule has 4 fully saturated rings. The largest absolute Gasteiger partial charge is 0.502 e. The molecule has 14 rings (SSSR count). The van der Waals surface area contributed by atoms with Gasteiger partial charge in [0.15, 0.2) is 23.5 Å². The highest BCUT2D eigenvalue weighted by atomic mass is 16.5. The van der Waals surface area contributed by atoms with Crippen molar-refractivity contribution in [3.63, 3.8) is 0 Å². The summed E-state index contributed by atoms with van der Waals surface area (Å²) < 4.78 is 33.9. The Morgan fingerprint density at radius 3 is 2.38 bits per heavy atom. The van der Waals surface area contributed by atoms with Crippen LogP contribution in [0.3, 0.4) is 0 Å². The van der Waals surface area contributed by atoms with Gasteiger partial charge in [0.25, 0.3) is 11.8 Å². The minimum absolute atomic E-state index is 0.00972. The SMILES string of the molecule is CNCCOc1cc(O[C@@]23CCC[C@H](CCC(C)C)[C@@H]2CC[C@H](C)N3)c2c3c1CCc1c-3c(cc3c1[C@@H](O)[C@H](c1cc(OC)c(O)c(OC[C@H](CO)[C@@]45c6c7cccc6C=C[C@H]4CC[C@H](C4(N6C(=O)C=C(CNC)C6=O)CCCCC4)[C@H]5C=C7)c1)CO3)N[C@H]2O. The summed E-state index contributed by atoms with van der Waals surface area (Å²) in [6.07, 6.45) is 23.0. The van der Waals surface area contributed by atoms with Crippen LogP contribution < -0.4 is 45.0 Å². The fourth-order valence-corrected chi connectivity index (χ4v) is 19.5. The van der Waals surface area contributed by atoms with E-state index in [9.17, 15) is 30.0 Å². The molecule has 4 aromatic carbocycles. The first-order chi connectivity index (χ1) is 43.7. The number of piperidine rings is 1. The Kier molecular flexibility index (Phi) is 16.5. The second kappa shape index (κ2) is 24.2. The standard InChI is InChI=1S/C74H93N5O11/c1-41(2)15-17-43-14-11-29-73(53(43)24-16-42(3)78-73)90-59-36-57(87-31-30-75-4)50-22-23-51-63-56(77-70(84)66(59)65(50)63)35-58-64(51)68(82)52(40-89-58)46-32-60(86-6)69(83)61(33-46)88-39-49(38-80)74-48-20-18-44-12-10-13-45(67(44)74)19-25-55(74)54(26-21-48)72(27-8-7-9-28-72)79-62(81)34-47(37-76-5)71(79)85/h10,12-13,18-20,25,32-36,41-43,48-49,52-55,68,70,75-78,80,82-84H,7-9,11,14-17,21-24,26-31,37-40H2,1-6H3/t42-,43+,48-,49-,52-,53-,54-,55+,68-,70-,73-,74-/m0/s1. The number of allylic oxidation sites excluding steroid dienone is 2. The molecule has 4 aromatic rings. The molecule has 0 radical (unpaired) electrons. The molecular weight excluding hydrogens is 1130 g/mol. The molecule has 16 heteroatoms. The van der Waals surface area contributed by atoms with Gasteiger partial charge in [-0.15, -0.1) is 0 Å². The van der Waals surface area contributed by atoms with E-state index < -0.39 is 40.8 Å². The topological polar surface area (TPSA) is 213 Å². The number of hydrogen-bond acceptors (Lipinski definition) is 15. The minimum Gasteiger partial charge on any atom is -0.502 e. The molecule has 8 N–H and O–H groups in total. The number of aromatic hydroxyl groups is 1. The average Bonchev–Trinajstić information content (AvgIpc) is 0.789. The molecule has 480 valence electrons. The van der Waals surface area contributed by atoms with Crippen LogP contribution in [0.1, 0.15) is 173 Å². The van der Waals surface area contributed by atoms with Gasteiger partial charge in [-0.05, 0) is 161 Å². The quantitative estimate of drug-likeness (QED) is 0.0305. The molecule has 2 amide bonds. The number of aliphatic hydroxyl groups is 3. The zero-order valence-corrected chi connectivity index (χ0v) is 53.4. The smallest absolute Gasteiger partial charge is 0.258 e. The van der Waals surface area contributed by atoms with Crippen molar-refractivity contribution in [1.82, 2.24) is 20.9 Å². The molecule has 0 bridgehead atoms. The zero-order valence-electron chi connectivity index (χ0n) is 53.4. The molecule has 0 unspecified atom stereocenters. The van der Waals surface area contributed by atoms with Crippen LogP contribution >= 0.6 is 0 Å². The molecular formula is C74H93N5O11. The number of nitrogens with one attached hydrogen (secondary N) is 4. The van der Waals surface area contributed by atoms with Crippen molar-refractivity contribution in [2.24, 2.45) is 41.4 Å². The number of imide groups is 1. The number of rotatable bonds is 20. The number of benzene rings is 4. The van der Waals surface area contributed by atoms with Crippen molar-refractivity contribution < 1.29 is 53.7 Å². The van der Waals surface area contributed by atoms with E-state index in [0.717, 1.165) is 115 Å². The summed E-state index contributed by atoms with van der Waals surface area (Å²) in [5.41, 5.74) is 8.15. The summed E-state index contributed by atoms with van der Waals surface area (Å²) in [6, 6.07) is 14.1. The maximum absolute atomic E-state index is 14.5. The van der Waals surface area contributed by atoms with Crippen LogP contribution in [0.5, 0.6) is 34.5 Å². The van der Waals surface area contributed by atoms with Crippen LogP contribution in [0.4, 0.5) is 5.69 Å². The molecule has 10 aliphatic rings. The number of carbonyl (C=O) groups excluding carboxylic acids is 2. The van der Waals surface area contributed by atoms with Crippen molar-refractivity contribution >= 4 is 29.7 Å². The fourth-order valence-electron chi connectivity index (χ4n) is 19.5. The number of nitrogens with zero attached hydrogens (tertiary/aromatic N) is 1. The lowest BCUT2D eigenvalue weighted by molar-refractivity contribution is -0.154. The first-order valence-electron chi connectivity index (χ1n) is 34.0. The van der Waals surface area contributed by atoms with Crippen molar-refractivity contribution in [2.75, 3.05) is 66.0 Å². The van der Waals surface area contributed by atoms with Gasteiger partial charge in [-0.3, -0.25) is 19.8 Å². The van der Waals surface area contributed by atoms with E-state index in [4.69, 9.17) is 23.7 Å². The number of amides is 2. The lowest BCUT2D eigenvalue weighted by Crippen LogP contribution is -2.66. The van der Waals surface area contributed by atoms with Crippen LogP contribution in [0.25, 0.3) is 23.3 Å². The summed E-state index contributed by atoms with van der Waals surface area (Å²) >= 11 is 0. The third kappa shape index (κ3) is 9.80. The van der Waals surface area contributed by atoms with Crippen molar-refractivity contribution in [2.45, 2.75) is 164 Å². The lowest BCUT2D eigenvalue weighted by Gasteiger charge is -2.63. The Labute approximate surface area is 530 Å². The van der Waals surface area contributed by atoms with E-state index in [-0.39, 0.29) is 72.7 Å². The van der Waals surface area contributed by atoms with Crippen LogP contribution in [0.2, 0.25) is 0 Å². The predicted molar refractivity (Wildman–Crippen MR) is 347 cm³/mol. The average molecular weight is 1230 g/mol. The van der Waals surface area contributed by atoms with Crippen LogP contribution in [0, 0.1) is 41.4 Å². The van der Waals surface area contributed by atoms with Crippen molar-refractivity contribution in [3.05, 3.63) is 111 Å². The normalized spacial score (nSPS) is 30.1. The maximum atomic E-state index is 14.5. The fraction of sp³-hybridized carbons (Fsp3) is 0.568. The molecule has 4 heterocycles. The second-order valence-electron chi connectivity index (χ2n) is 28.4. The highest BCUT2D eigenvalue weighted by Gasteiger charge is 2.64. The number of carbonyl (C=O) groups is 2. The molecule has 4 aliphatic heterocycles. The first kappa shape index (κ1) is 61.1. The van der Waals surface area contributed by atoms with Crippen LogP contribution in [0.15, 0.2) is 66.3 Å². The first-order valence-corrected chi connectivity index (χ1v) is 34.0. The molecule has 3 saturated carbocycles. The monoisotopic (exact) mass is 1230 g/mol. The van der Waals surface area contributed by atoms with Gasteiger partial charge < -0.3 is 60.1 Å². The Hall–Kier alpha value is -6.40. The Bertz CT molecular complexity index is 3550. The van der Waals surface area contributed by atoms with E-state index in [1.807, 2.05) is 19.2 Å². The number of hydrogen-bond donors (Lipinski definition) is 8. The molecule has 0 aromatic heterocycles. The lowest BCUT2D eigenvalue weighted by atomic mass is 9.43. The molecule has 16 nitrogen and oxygen atoms in total. The van der Waals surface area contributed by atoms with Gasteiger partial charge >= 0.3 is 0 Å². The van der Waals surface area contributed by atoms with Crippen LogP contribution in [-0.2, 0) is 27.8 Å². The molecule has 12 atom stereocenters. The summed E-state index contributed by atoms with van der Waals surface area (Å²) in [7, 11) is 5.21. The third-order valence-corrected chi connectivity index (χ3v) is 23.3. The molecule has 90 heavy (non-hydrogen) atoms. The summed E-state index contributed by atoms with van der Waals surface area (Å²) in [4.78, 5) is 30.5.